The highest BCUT2D eigenvalue weighted by Crippen LogP contribution is 2.37. The molecule has 116 valence electrons. The lowest BCUT2D eigenvalue weighted by Crippen LogP contribution is -2.44. The van der Waals surface area contributed by atoms with Crippen LogP contribution < -0.4 is 25.3 Å². The van der Waals surface area contributed by atoms with E-state index in [4.69, 9.17) is 19.9 Å². The Kier molecular flexibility index (Phi) is 4.57. The number of hydrogen-bond donors (Lipinski definition) is 2. The summed E-state index contributed by atoms with van der Waals surface area (Å²) in [5.74, 6) is 1.64. The molecule has 1 aliphatic heterocycles. The fourth-order valence-electron chi connectivity index (χ4n) is 1.90. The van der Waals surface area contributed by atoms with Crippen LogP contribution in [0.4, 0.5) is 0 Å². The number of nitrogens with one attached hydrogen (secondary N) is 1. The van der Waals surface area contributed by atoms with E-state index in [1.54, 1.807) is 12.1 Å². The molecule has 21 heavy (non-hydrogen) atoms. The molecule has 6 heteroatoms. The van der Waals surface area contributed by atoms with Crippen molar-refractivity contribution in [3.05, 3.63) is 17.7 Å². The van der Waals surface area contributed by atoms with Crippen molar-refractivity contribution in [2.75, 3.05) is 13.4 Å². The molecule has 1 aromatic carbocycles. The normalized spacial score (nSPS) is 13.1. The maximum atomic E-state index is 11.9. The van der Waals surface area contributed by atoms with E-state index in [0.717, 1.165) is 12.0 Å². The molecule has 0 atom stereocenters. The van der Waals surface area contributed by atoms with Crippen molar-refractivity contribution < 1.29 is 19.0 Å². The number of carbonyl (C=O) groups is 1. The van der Waals surface area contributed by atoms with Gasteiger partial charge in [-0.15, -0.1) is 0 Å². The number of carbonyl (C=O) groups excluding carboxylic acids is 1. The molecule has 0 saturated heterocycles. The van der Waals surface area contributed by atoms with Crippen molar-refractivity contribution in [3.8, 4) is 17.2 Å². The summed E-state index contributed by atoms with van der Waals surface area (Å²) < 4.78 is 16.2. The van der Waals surface area contributed by atoms with Gasteiger partial charge >= 0.3 is 0 Å². The van der Waals surface area contributed by atoms with Crippen molar-refractivity contribution in [1.29, 1.82) is 0 Å². The Labute approximate surface area is 124 Å². The SMILES string of the molecule is CCC(C)(C)NC(=O)COc1cc2c(cc1CN)OCO2. The maximum Gasteiger partial charge on any atom is 0.258 e. The molecule has 1 aliphatic rings. The third kappa shape index (κ3) is 3.78. The highest BCUT2D eigenvalue weighted by molar-refractivity contribution is 5.78. The Bertz CT molecular complexity index is 529. The smallest absolute Gasteiger partial charge is 0.258 e. The molecular formula is C15H22N2O4. The van der Waals surface area contributed by atoms with Crippen molar-refractivity contribution in [3.63, 3.8) is 0 Å². The van der Waals surface area contributed by atoms with E-state index in [1.165, 1.54) is 0 Å². The van der Waals surface area contributed by atoms with E-state index in [-0.39, 0.29) is 24.8 Å². The number of fused-ring (bicyclic) bond motifs is 1. The van der Waals surface area contributed by atoms with Crippen molar-refractivity contribution in [2.45, 2.75) is 39.3 Å². The number of amides is 1. The van der Waals surface area contributed by atoms with Crippen molar-refractivity contribution in [2.24, 2.45) is 5.73 Å². The van der Waals surface area contributed by atoms with E-state index in [0.29, 0.717) is 23.8 Å². The summed E-state index contributed by atoms with van der Waals surface area (Å²) in [6.45, 7) is 6.39. The molecule has 0 fully saturated rings. The Hall–Kier alpha value is -1.95. The number of benzene rings is 1. The van der Waals surface area contributed by atoms with Gasteiger partial charge in [0.25, 0.3) is 5.91 Å². The molecule has 3 N–H and O–H groups in total. The largest absolute Gasteiger partial charge is 0.483 e. The summed E-state index contributed by atoms with van der Waals surface area (Å²) in [7, 11) is 0. The quantitative estimate of drug-likeness (QED) is 0.832. The molecular weight excluding hydrogens is 272 g/mol. The topological polar surface area (TPSA) is 82.8 Å². The zero-order valence-corrected chi connectivity index (χ0v) is 12.7. The molecule has 0 aromatic heterocycles. The van der Waals surface area contributed by atoms with Crippen LogP contribution in [0.3, 0.4) is 0 Å². The summed E-state index contributed by atoms with van der Waals surface area (Å²) in [6.07, 6.45) is 0.844. The van der Waals surface area contributed by atoms with Gasteiger partial charge in [-0.1, -0.05) is 6.92 Å². The van der Waals surface area contributed by atoms with Crippen LogP contribution >= 0.6 is 0 Å². The van der Waals surface area contributed by atoms with Crippen molar-refractivity contribution in [1.82, 2.24) is 5.32 Å². The number of hydrogen-bond acceptors (Lipinski definition) is 5. The fraction of sp³-hybridized carbons (Fsp3) is 0.533. The average Bonchev–Trinajstić information content (AvgIpc) is 2.90. The zero-order chi connectivity index (χ0) is 15.5. The average molecular weight is 294 g/mol. The number of ether oxygens (including phenoxy) is 3. The monoisotopic (exact) mass is 294 g/mol. The Balaban J connectivity index is 2.01. The van der Waals surface area contributed by atoms with Gasteiger partial charge < -0.3 is 25.3 Å². The molecule has 0 bridgehead atoms. The maximum absolute atomic E-state index is 11.9. The number of rotatable bonds is 6. The van der Waals surface area contributed by atoms with Crippen LogP contribution in [0, 0.1) is 0 Å². The third-order valence-corrected chi connectivity index (χ3v) is 3.50. The number of nitrogens with two attached hydrogens (primary N) is 1. The molecule has 0 saturated carbocycles. The summed E-state index contributed by atoms with van der Waals surface area (Å²) in [4.78, 5) is 11.9. The second kappa shape index (κ2) is 6.22. The third-order valence-electron chi connectivity index (χ3n) is 3.50. The Morgan fingerprint density at radius 1 is 1.38 bits per heavy atom. The van der Waals surface area contributed by atoms with Crippen LogP contribution in [0.15, 0.2) is 12.1 Å². The minimum Gasteiger partial charge on any atom is -0.483 e. The van der Waals surface area contributed by atoms with E-state index >= 15 is 0 Å². The standard InChI is InChI=1S/C15H22N2O4/c1-4-15(2,3)17-14(18)8-19-11-6-13-12(20-9-21-13)5-10(11)7-16/h5-6H,4,7-9,16H2,1-3H3,(H,17,18). The van der Waals surface area contributed by atoms with Gasteiger partial charge in [-0.3, -0.25) is 4.79 Å². The van der Waals surface area contributed by atoms with E-state index in [1.807, 2.05) is 20.8 Å². The predicted molar refractivity (Wildman–Crippen MR) is 78.5 cm³/mol. The van der Waals surface area contributed by atoms with Crippen LogP contribution in [-0.4, -0.2) is 24.8 Å². The first-order chi connectivity index (χ1) is 9.95. The summed E-state index contributed by atoms with van der Waals surface area (Å²) in [5.41, 5.74) is 6.23. The highest BCUT2D eigenvalue weighted by Gasteiger charge is 2.20. The van der Waals surface area contributed by atoms with Gasteiger partial charge in [-0.05, 0) is 26.3 Å². The van der Waals surface area contributed by atoms with Gasteiger partial charge in [-0.25, -0.2) is 0 Å². The Morgan fingerprint density at radius 2 is 2.05 bits per heavy atom. The van der Waals surface area contributed by atoms with Crippen molar-refractivity contribution >= 4 is 5.91 Å². The predicted octanol–water partition coefficient (Wildman–Crippen LogP) is 1.56. The van der Waals surface area contributed by atoms with Crippen LogP contribution in [0.25, 0.3) is 0 Å². The first-order valence-electron chi connectivity index (χ1n) is 7.01. The Morgan fingerprint density at radius 3 is 2.67 bits per heavy atom. The van der Waals surface area contributed by atoms with Gasteiger partial charge in [0.15, 0.2) is 18.1 Å². The molecule has 0 radical (unpaired) electrons. The molecule has 1 heterocycles. The molecule has 0 aliphatic carbocycles. The first kappa shape index (κ1) is 15.4. The molecule has 0 unspecified atom stereocenters. The van der Waals surface area contributed by atoms with Crippen LogP contribution in [0.1, 0.15) is 32.8 Å². The molecule has 1 aromatic rings. The summed E-state index contributed by atoms with van der Waals surface area (Å²) in [6, 6.07) is 3.49. The lowest BCUT2D eigenvalue weighted by Gasteiger charge is -2.24. The lowest BCUT2D eigenvalue weighted by molar-refractivity contribution is -0.124. The van der Waals surface area contributed by atoms with Gasteiger partial charge in [0.05, 0.1) is 0 Å². The van der Waals surface area contributed by atoms with E-state index in [2.05, 4.69) is 5.32 Å². The van der Waals surface area contributed by atoms with Crippen LogP contribution in [-0.2, 0) is 11.3 Å². The van der Waals surface area contributed by atoms with Crippen LogP contribution in [0.5, 0.6) is 17.2 Å². The van der Waals surface area contributed by atoms with Gasteiger partial charge in [0.2, 0.25) is 6.79 Å². The van der Waals surface area contributed by atoms with E-state index in [9.17, 15) is 4.79 Å². The van der Waals surface area contributed by atoms with Gasteiger partial charge in [0.1, 0.15) is 5.75 Å². The van der Waals surface area contributed by atoms with Gasteiger partial charge in [0, 0.05) is 23.7 Å². The second-order valence-corrected chi connectivity index (χ2v) is 5.59. The summed E-state index contributed by atoms with van der Waals surface area (Å²) in [5, 5.41) is 2.91. The minimum atomic E-state index is -0.244. The second-order valence-electron chi connectivity index (χ2n) is 5.59. The molecule has 2 rings (SSSR count). The van der Waals surface area contributed by atoms with E-state index < -0.39 is 0 Å². The lowest BCUT2D eigenvalue weighted by atomic mass is 10.0. The minimum absolute atomic E-state index is 0.0595. The zero-order valence-electron chi connectivity index (χ0n) is 12.7. The molecule has 1 amide bonds. The van der Waals surface area contributed by atoms with Gasteiger partial charge in [-0.2, -0.15) is 0 Å². The molecule has 0 spiro atoms. The van der Waals surface area contributed by atoms with Crippen LogP contribution in [0.2, 0.25) is 0 Å². The first-order valence-corrected chi connectivity index (χ1v) is 7.01. The summed E-state index contributed by atoms with van der Waals surface area (Å²) >= 11 is 0. The fourth-order valence-corrected chi connectivity index (χ4v) is 1.90. The molecule has 6 nitrogen and oxygen atoms in total. The highest BCUT2D eigenvalue weighted by atomic mass is 16.7.